The van der Waals surface area contributed by atoms with Crippen LogP contribution in [0.25, 0.3) is 0 Å². The third kappa shape index (κ3) is 4.46. The number of aldehydes is 1. The third-order valence-corrected chi connectivity index (χ3v) is 6.02. The number of aliphatic carboxylic acids is 1. The molecule has 28 heavy (non-hydrogen) atoms. The Morgan fingerprint density at radius 2 is 2.00 bits per heavy atom. The van der Waals surface area contributed by atoms with E-state index in [1.807, 2.05) is 28.8 Å². The summed E-state index contributed by atoms with van der Waals surface area (Å²) in [6, 6.07) is 8.11. The van der Waals surface area contributed by atoms with Crippen LogP contribution in [0.15, 0.2) is 24.3 Å². The van der Waals surface area contributed by atoms with Crippen LogP contribution in [0.1, 0.15) is 78.8 Å². The summed E-state index contributed by atoms with van der Waals surface area (Å²) in [6.45, 7) is 2.64. The zero-order valence-electron chi connectivity index (χ0n) is 16.2. The van der Waals surface area contributed by atoms with Crippen molar-refractivity contribution in [1.82, 2.24) is 9.55 Å². The Morgan fingerprint density at radius 1 is 1.29 bits per heavy atom. The van der Waals surface area contributed by atoms with Crippen molar-refractivity contribution in [2.75, 3.05) is 0 Å². The highest BCUT2D eigenvalue weighted by Crippen LogP contribution is 2.38. The third-order valence-electron chi connectivity index (χ3n) is 5.74. The number of benzene rings is 1. The number of hydrogen-bond donors (Lipinski definition) is 1. The Morgan fingerprint density at radius 3 is 2.64 bits per heavy atom. The molecule has 6 heteroatoms. The van der Waals surface area contributed by atoms with Crippen molar-refractivity contribution in [3.63, 3.8) is 0 Å². The summed E-state index contributed by atoms with van der Waals surface area (Å²) in [5.41, 5.74) is 2.54. The standard InChI is InChI=1S/C22H27ClN2O3/c1-2-3-8-20-24-21(23)19(14-26)25(20)13-15-9-11-16(12-10-15)17-6-4-5-7-18(17)22(27)28/h9-12,14,17-18H,2-8,13H2,1H3,(H,27,28). The number of nitrogens with zero attached hydrogens (tertiary/aromatic N) is 2. The summed E-state index contributed by atoms with van der Waals surface area (Å²) in [6.07, 6.45) is 7.31. The number of aryl methyl sites for hydroxylation is 1. The van der Waals surface area contributed by atoms with Gasteiger partial charge < -0.3 is 9.67 Å². The van der Waals surface area contributed by atoms with E-state index in [1.54, 1.807) is 0 Å². The van der Waals surface area contributed by atoms with Crippen LogP contribution in [0.4, 0.5) is 0 Å². The molecule has 5 nitrogen and oxygen atoms in total. The van der Waals surface area contributed by atoms with Gasteiger partial charge in [0.1, 0.15) is 11.5 Å². The summed E-state index contributed by atoms with van der Waals surface area (Å²) in [7, 11) is 0. The number of halogens is 1. The topological polar surface area (TPSA) is 72.2 Å². The Labute approximate surface area is 170 Å². The number of carbonyl (C=O) groups excluding carboxylic acids is 1. The second kappa shape index (κ2) is 9.37. The second-order valence-corrected chi connectivity index (χ2v) is 7.95. The lowest BCUT2D eigenvalue weighted by atomic mass is 9.75. The van der Waals surface area contributed by atoms with Gasteiger partial charge in [0.25, 0.3) is 0 Å². The molecule has 2 unspecified atom stereocenters. The van der Waals surface area contributed by atoms with E-state index in [0.29, 0.717) is 12.2 Å². The van der Waals surface area contributed by atoms with Crippen molar-refractivity contribution < 1.29 is 14.7 Å². The molecule has 1 aromatic carbocycles. The minimum Gasteiger partial charge on any atom is -0.481 e. The van der Waals surface area contributed by atoms with E-state index in [4.69, 9.17) is 11.6 Å². The molecule has 1 N–H and O–H groups in total. The normalized spacial score (nSPS) is 19.5. The van der Waals surface area contributed by atoms with Crippen LogP contribution < -0.4 is 0 Å². The van der Waals surface area contributed by atoms with Crippen LogP contribution in [-0.4, -0.2) is 26.9 Å². The average molecular weight is 403 g/mol. The van der Waals surface area contributed by atoms with Gasteiger partial charge in [-0.25, -0.2) is 4.98 Å². The molecule has 2 aromatic rings. The van der Waals surface area contributed by atoms with Crippen LogP contribution in [-0.2, 0) is 17.8 Å². The molecule has 0 amide bonds. The summed E-state index contributed by atoms with van der Waals surface area (Å²) < 4.78 is 1.89. The Bertz CT molecular complexity index is 829. The van der Waals surface area contributed by atoms with Crippen LogP contribution in [0, 0.1) is 5.92 Å². The van der Waals surface area contributed by atoms with Crippen molar-refractivity contribution in [2.24, 2.45) is 5.92 Å². The lowest BCUT2D eigenvalue weighted by Gasteiger charge is -2.29. The highest BCUT2D eigenvalue weighted by molar-refractivity contribution is 6.31. The van der Waals surface area contributed by atoms with Crippen molar-refractivity contribution in [3.8, 4) is 0 Å². The maximum Gasteiger partial charge on any atom is 0.307 e. The molecule has 1 aliphatic rings. The van der Waals surface area contributed by atoms with Gasteiger partial charge >= 0.3 is 5.97 Å². The fourth-order valence-electron chi connectivity index (χ4n) is 4.17. The van der Waals surface area contributed by atoms with Gasteiger partial charge in [-0.2, -0.15) is 0 Å². The van der Waals surface area contributed by atoms with Gasteiger partial charge in [0.15, 0.2) is 11.4 Å². The fourth-order valence-corrected chi connectivity index (χ4v) is 4.42. The van der Waals surface area contributed by atoms with Crippen molar-refractivity contribution >= 4 is 23.9 Å². The molecule has 0 spiro atoms. The van der Waals surface area contributed by atoms with Crippen molar-refractivity contribution in [2.45, 2.75) is 64.3 Å². The van der Waals surface area contributed by atoms with Crippen molar-refractivity contribution in [1.29, 1.82) is 0 Å². The summed E-state index contributed by atoms with van der Waals surface area (Å²) in [5.74, 6) is -0.0859. The monoisotopic (exact) mass is 402 g/mol. The number of aromatic nitrogens is 2. The summed E-state index contributed by atoms with van der Waals surface area (Å²) in [5, 5.41) is 9.78. The summed E-state index contributed by atoms with van der Waals surface area (Å²) in [4.78, 5) is 27.4. The molecule has 3 rings (SSSR count). The van der Waals surface area contributed by atoms with E-state index < -0.39 is 5.97 Å². The number of unbranched alkanes of at least 4 members (excludes halogenated alkanes) is 1. The van der Waals surface area contributed by atoms with Gasteiger partial charge in [-0.05, 0) is 36.3 Å². The summed E-state index contributed by atoms with van der Waals surface area (Å²) >= 11 is 6.15. The zero-order chi connectivity index (χ0) is 20.1. The quantitative estimate of drug-likeness (QED) is 0.623. The van der Waals surface area contributed by atoms with E-state index in [1.165, 1.54) is 0 Å². The molecule has 1 aliphatic carbocycles. The van der Waals surface area contributed by atoms with Gasteiger partial charge in [-0.1, -0.05) is 62.1 Å². The predicted octanol–water partition coefficient (Wildman–Crippen LogP) is 5.10. The van der Waals surface area contributed by atoms with Gasteiger partial charge in [0.05, 0.1) is 5.92 Å². The van der Waals surface area contributed by atoms with E-state index in [9.17, 15) is 14.7 Å². The van der Waals surface area contributed by atoms with E-state index >= 15 is 0 Å². The van der Waals surface area contributed by atoms with Crippen LogP contribution in [0.3, 0.4) is 0 Å². The lowest BCUT2D eigenvalue weighted by Crippen LogP contribution is -2.25. The van der Waals surface area contributed by atoms with Gasteiger partial charge in [-0.15, -0.1) is 0 Å². The number of carbonyl (C=O) groups is 2. The molecule has 1 fully saturated rings. The molecular formula is C22H27ClN2O3. The molecule has 1 heterocycles. The second-order valence-electron chi connectivity index (χ2n) is 7.59. The highest BCUT2D eigenvalue weighted by Gasteiger charge is 2.31. The Kier molecular flexibility index (Phi) is 6.89. The van der Waals surface area contributed by atoms with E-state index in [-0.39, 0.29) is 17.0 Å². The lowest BCUT2D eigenvalue weighted by molar-refractivity contribution is -0.143. The van der Waals surface area contributed by atoms with Crippen molar-refractivity contribution in [3.05, 3.63) is 52.1 Å². The Hall–Kier alpha value is -2.14. The number of imidazole rings is 1. The highest BCUT2D eigenvalue weighted by atomic mass is 35.5. The van der Waals surface area contributed by atoms with E-state index in [2.05, 4.69) is 11.9 Å². The van der Waals surface area contributed by atoms with Gasteiger partial charge in [0.2, 0.25) is 0 Å². The smallest absolute Gasteiger partial charge is 0.307 e. The van der Waals surface area contributed by atoms with Gasteiger partial charge in [-0.3, -0.25) is 9.59 Å². The first-order valence-corrected chi connectivity index (χ1v) is 10.4. The first kappa shape index (κ1) is 20.6. The minimum absolute atomic E-state index is 0.0774. The number of carboxylic acid groups (broad SMARTS) is 1. The molecule has 1 aromatic heterocycles. The first-order valence-electron chi connectivity index (χ1n) is 10.1. The number of hydrogen-bond acceptors (Lipinski definition) is 3. The number of carboxylic acids is 1. The first-order chi connectivity index (χ1) is 13.5. The van der Waals surface area contributed by atoms with Crippen LogP contribution in [0.2, 0.25) is 5.15 Å². The minimum atomic E-state index is -0.696. The molecule has 150 valence electrons. The largest absolute Gasteiger partial charge is 0.481 e. The van der Waals surface area contributed by atoms with Gasteiger partial charge in [0, 0.05) is 13.0 Å². The maximum absolute atomic E-state index is 11.6. The van der Waals surface area contributed by atoms with Crippen LogP contribution >= 0.6 is 11.6 Å². The fraction of sp³-hybridized carbons (Fsp3) is 0.500. The molecule has 0 aliphatic heterocycles. The SMILES string of the molecule is CCCCc1nc(Cl)c(C=O)n1Cc1ccc(C2CCCCC2C(=O)O)cc1. The molecule has 0 saturated heterocycles. The number of rotatable bonds is 8. The molecule has 0 bridgehead atoms. The maximum atomic E-state index is 11.6. The molecule has 0 radical (unpaired) electrons. The predicted molar refractivity (Wildman–Crippen MR) is 109 cm³/mol. The van der Waals surface area contributed by atoms with Crippen LogP contribution in [0.5, 0.6) is 0 Å². The molecule has 2 atom stereocenters. The molecule has 1 saturated carbocycles. The van der Waals surface area contributed by atoms with E-state index in [0.717, 1.165) is 68.2 Å². The zero-order valence-corrected chi connectivity index (χ0v) is 17.0. The molecular weight excluding hydrogens is 376 g/mol. The average Bonchev–Trinajstić information content (AvgIpc) is 3.01. The Balaban J connectivity index is 1.81.